The van der Waals surface area contributed by atoms with Crippen LogP contribution in [0.15, 0.2) is 24.4 Å². The molecule has 2 rings (SSSR count). The summed E-state index contributed by atoms with van der Waals surface area (Å²) in [6, 6.07) is 4.02. The number of hydrogen-bond donors (Lipinski definition) is 1. The normalized spacial score (nSPS) is 11.6. The number of aromatic nitrogens is 3. The Kier molecular flexibility index (Phi) is 3.49. The third-order valence-corrected chi connectivity index (χ3v) is 2.79. The number of halogens is 1. The van der Waals surface area contributed by atoms with Crippen molar-refractivity contribution in [2.45, 2.75) is 25.9 Å². The second kappa shape index (κ2) is 4.97. The van der Waals surface area contributed by atoms with E-state index in [1.807, 2.05) is 0 Å². The highest BCUT2D eigenvalue weighted by molar-refractivity contribution is 5.36. The first-order valence-corrected chi connectivity index (χ1v) is 5.90. The zero-order valence-electron chi connectivity index (χ0n) is 11.1. The molecule has 0 aliphatic heterocycles. The van der Waals surface area contributed by atoms with E-state index in [1.165, 1.54) is 16.8 Å². The fourth-order valence-corrected chi connectivity index (χ4v) is 1.67. The molecule has 1 aromatic carbocycles. The van der Waals surface area contributed by atoms with E-state index in [9.17, 15) is 14.5 Å². The van der Waals surface area contributed by atoms with E-state index in [0.717, 1.165) is 6.07 Å². The minimum absolute atomic E-state index is 0.0522. The average Bonchev–Trinajstić information content (AvgIpc) is 2.80. The zero-order valence-corrected chi connectivity index (χ0v) is 11.1. The minimum atomic E-state index is -0.860. The molecule has 0 aliphatic carbocycles. The summed E-state index contributed by atoms with van der Waals surface area (Å²) in [5.41, 5.74) is 5.40. The molecule has 20 heavy (non-hydrogen) atoms. The van der Waals surface area contributed by atoms with Crippen molar-refractivity contribution in [1.29, 1.82) is 0 Å². The Morgan fingerprint density at radius 3 is 2.75 bits per heavy atom. The Labute approximate surface area is 114 Å². The summed E-state index contributed by atoms with van der Waals surface area (Å²) in [6.45, 7) is 3.60. The lowest BCUT2D eigenvalue weighted by molar-refractivity contribution is -0.387. The summed E-state index contributed by atoms with van der Waals surface area (Å²) in [6.07, 6.45) is 1.60. The summed E-state index contributed by atoms with van der Waals surface area (Å²) in [4.78, 5) is 9.92. The summed E-state index contributed by atoms with van der Waals surface area (Å²) in [5.74, 6) is -0.860. The fourth-order valence-electron chi connectivity index (χ4n) is 1.67. The van der Waals surface area contributed by atoms with Crippen molar-refractivity contribution >= 4 is 5.69 Å². The summed E-state index contributed by atoms with van der Waals surface area (Å²) in [7, 11) is 0. The van der Waals surface area contributed by atoms with Gasteiger partial charge in [0.2, 0.25) is 5.82 Å². The predicted molar refractivity (Wildman–Crippen MR) is 69.4 cm³/mol. The molecule has 8 heteroatoms. The smallest absolute Gasteiger partial charge is 0.305 e. The van der Waals surface area contributed by atoms with E-state index in [0.29, 0.717) is 5.69 Å². The maximum atomic E-state index is 13.9. The van der Waals surface area contributed by atoms with Crippen LogP contribution >= 0.6 is 0 Å². The van der Waals surface area contributed by atoms with Crippen molar-refractivity contribution in [1.82, 2.24) is 15.0 Å². The van der Waals surface area contributed by atoms with Crippen LogP contribution in [-0.2, 0) is 12.1 Å². The number of nitrogens with two attached hydrogens (primary N) is 1. The largest absolute Gasteiger partial charge is 0.320 e. The van der Waals surface area contributed by atoms with Gasteiger partial charge in [0.15, 0.2) is 0 Å². The van der Waals surface area contributed by atoms with E-state index in [-0.39, 0.29) is 12.1 Å². The third-order valence-electron chi connectivity index (χ3n) is 2.79. The van der Waals surface area contributed by atoms with E-state index < -0.39 is 22.0 Å². The van der Waals surface area contributed by atoms with Crippen molar-refractivity contribution in [2.24, 2.45) is 5.73 Å². The molecule has 0 saturated heterocycles. The Hall–Kier alpha value is -2.35. The number of benzene rings is 1. The lowest BCUT2D eigenvalue weighted by Gasteiger charge is -2.13. The number of nitro benzene ring substituents is 1. The van der Waals surface area contributed by atoms with Gasteiger partial charge in [0, 0.05) is 11.6 Å². The SMILES string of the molecule is CC(C)(N)c1cn(Cc2cccc([N+](=O)[O-])c2F)nn1. The molecule has 0 atom stereocenters. The number of hydrogen-bond acceptors (Lipinski definition) is 5. The van der Waals surface area contributed by atoms with E-state index in [4.69, 9.17) is 5.73 Å². The molecule has 0 aliphatic rings. The molecule has 0 spiro atoms. The second-order valence-corrected chi connectivity index (χ2v) is 5.03. The van der Waals surface area contributed by atoms with Gasteiger partial charge in [0.1, 0.15) is 5.69 Å². The Morgan fingerprint density at radius 1 is 1.50 bits per heavy atom. The second-order valence-electron chi connectivity index (χ2n) is 5.03. The quantitative estimate of drug-likeness (QED) is 0.676. The monoisotopic (exact) mass is 279 g/mol. The molecule has 0 radical (unpaired) electrons. The topological polar surface area (TPSA) is 99.9 Å². The van der Waals surface area contributed by atoms with Crippen LogP contribution in [0.2, 0.25) is 0 Å². The molecule has 1 heterocycles. The lowest BCUT2D eigenvalue weighted by Crippen LogP contribution is -2.29. The van der Waals surface area contributed by atoms with Crippen LogP contribution in [0.25, 0.3) is 0 Å². The maximum Gasteiger partial charge on any atom is 0.305 e. The molecule has 0 bridgehead atoms. The molecule has 0 fully saturated rings. The molecule has 7 nitrogen and oxygen atoms in total. The number of nitrogens with zero attached hydrogens (tertiary/aromatic N) is 4. The van der Waals surface area contributed by atoms with Gasteiger partial charge in [-0.1, -0.05) is 17.3 Å². The maximum absolute atomic E-state index is 13.9. The van der Waals surface area contributed by atoms with Crippen LogP contribution in [-0.4, -0.2) is 19.9 Å². The molecule has 2 N–H and O–H groups in total. The van der Waals surface area contributed by atoms with Crippen LogP contribution in [0.4, 0.5) is 10.1 Å². The first kappa shape index (κ1) is 14.1. The van der Waals surface area contributed by atoms with E-state index in [2.05, 4.69) is 10.3 Å². The number of rotatable bonds is 4. The van der Waals surface area contributed by atoms with Crippen molar-refractivity contribution in [3.8, 4) is 0 Å². The van der Waals surface area contributed by atoms with Gasteiger partial charge in [-0.3, -0.25) is 10.1 Å². The van der Waals surface area contributed by atoms with Gasteiger partial charge in [-0.25, -0.2) is 4.68 Å². The first-order chi connectivity index (χ1) is 9.29. The van der Waals surface area contributed by atoms with Crippen molar-refractivity contribution < 1.29 is 9.31 Å². The summed E-state index contributed by atoms with van der Waals surface area (Å²) < 4.78 is 15.3. The molecule has 106 valence electrons. The van der Waals surface area contributed by atoms with E-state index in [1.54, 1.807) is 20.0 Å². The highest BCUT2D eigenvalue weighted by Crippen LogP contribution is 2.21. The Balaban J connectivity index is 2.29. The van der Waals surface area contributed by atoms with Crippen molar-refractivity contribution in [3.05, 3.63) is 51.6 Å². The molecular weight excluding hydrogens is 265 g/mol. The van der Waals surface area contributed by atoms with Crippen LogP contribution < -0.4 is 5.73 Å². The fraction of sp³-hybridized carbons (Fsp3) is 0.333. The molecular formula is C12H14FN5O2. The van der Waals surface area contributed by atoms with Gasteiger partial charge in [0.25, 0.3) is 0 Å². The molecule has 0 saturated carbocycles. The van der Waals surface area contributed by atoms with Gasteiger partial charge >= 0.3 is 5.69 Å². The molecule has 0 unspecified atom stereocenters. The molecule has 2 aromatic rings. The minimum Gasteiger partial charge on any atom is -0.320 e. The van der Waals surface area contributed by atoms with E-state index >= 15 is 0 Å². The third kappa shape index (κ3) is 2.80. The van der Waals surface area contributed by atoms with Crippen LogP contribution in [0.1, 0.15) is 25.1 Å². The number of nitro groups is 1. The molecule has 0 amide bonds. The summed E-state index contributed by atoms with van der Waals surface area (Å²) >= 11 is 0. The average molecular weight is 279 g/mol. The van der Waals surface area contributed by atoms with Gasteiger partial charge in [-0.05, 0) is 13.8 Å². The van der Waals surface area contributed by atoms with Gasteiger partial charge in [-0.15, -0.1) is 5.10 Å². The van der Waals surface area contributed by atoms with Gasteiger partial charge in [-0.2, -0.15) is 4.39 Å². The zero-order chi connectivity index (χ0) is 14.9. The highest BCUT2D eigenvalue weighted by atomic mass is 19.1. The Bertz CT molecular complexity index is 648. The van der Waals surface area contributed by atoms with Crippen molar-refractivity contribution in [3.63, 3.8) is 0 Å². The van der Waals surface area contributed by atoms with Gasteiger partial charge in [0.05, 0.1) is 23.2 Å². The summed E-state index contributed by atoms with van der Waals surface area (Å²) in [5, 5.41) is 18.4. The lowest BCUT2D eigenvalue weighted by atomic mass is 10.0. The van der Waals surface area contributed by atoms with Crippen LogP contribution in [0.3, 0.4) is 0 Å². The highest BCUT2D eigenvalue weighted by Gasteiger charge is 2.20. The predicted octanol–water partition coefficient (Wildman–Crippen LogP) is 1.57. The van der Waals surface area contributed by atoms with Crippen molar-refractivity contribution in [2.75, 3.05) is 0 Å². The standard InChI is InChI=1S/C12H14FN5O2/c1-12(2,14)10-7-17(16-15-10)6-8-4-3-5-9(11(8)13)18(19)20/h3-5,7H,6,14H2,1-2H3. The van der Waals surface area contributed by atoms with Gasteiger partial charge < -0.3 is 5.73 Å². The van der Waals surface area contributed by atoms with Crippen LogP contribution in [0, 0.1) is 15.9 Å². The van der Waals surface area contributed by atoms with Crippen LogP contribution in [0.5, 0.6) is 0 Å². The molecule has 1 aromatic heterocycles. The first-order valence-electron chi connectivity index (χ1n) is 5.90. The Morgan fingerprint density at radius 2 is 2.20 bits per heavy atom.